The van der Waals surface area contributed by atoms with Crippen molar-refractivity contribution in [1.82, 2.24) is 0 Å². The van der Waals surface area contributed by atoms with Crippen LogP contribution in [0.15, 0.2) is 91.0 Å². The number of hydrogen-bond donors (Lipinski definition) is 0. The molecule has 3 aromatic carbocycles. The van der Waals surface area contributed by atoms with Crippen LogP contribution in [0.1, 0.15) is 49.3 Å². The second-order valence-corrected chi connectivity index (χ2v) is 9.96. The fourth-order valence-corrected chi connectivity index (χ4v) is 5.24. The molecule has 2 heteroatoms. The molecule has 33 heavy (non-hydrogen) atoms. The van der Waals surface area contributed by atoms with Crippen LogP contribution in [0.5, 0.6) is 0 Å². The third-order valence-electron chi connectivity index (χ3n) is 7.32. The van der Waals surface area contributed by atoms with E-state index in [0.29, 0.717) is 19.1 Å². The average molecular weight is 443 g/mol. The van der Waals surface area contributed by atoms with E-state index in [0.717, 1.165) is 25.6 Å². The van der Waals surface area contributed by atoms with Crippen molar-refractivity contribution in [2.24, 2.45) is 17.3 Å². The molecule has 0 saturated heterocycles. The molecule has 0 unspecified atom stereocenters. The fraction of sp³-hybridized carbons (Fsp3) is 0.419. The molecule has 0 heterocycles. The zero-order chi connectivity index (χ0) is 22.8. The molecule has 1 aliphatic carbocycles. The highest BCUT2D eigenvalue weighted by Gasteiger charge is 2.39. The van der Waals surface area contributed by atoms with Crippen LogP contribution in [0, 0.1) is 17.3 Å². The lowest BCUT2D eigenvalue weighted by Crippen LogP contribution is -2.40. The Morgan fingerprint density at radius 2 is 1.18 bits per heavy atom. The van der Waals surface area contributed by atoms with Crippen molar-refractivity contribution in [3.63, 3.8) is 0 Å². The Balaban J connectivity index is 1.39. The minimum Gasteiger partial charge on any atom is -0.376 e. The van der Waals surface area contributed by atoms with Crippen molar-refractivity contribution in [1.29, 1.82) is 0 Å². The van der Waals surface area contributed by atoms with Gasteiger partial charge < -0.3 is 9.47 Å². The van der Waals surface area contributed by atoms with Crippen LogP contribution in [-0.4, -0.2) is 13.2 Å². The second kappa shape index (κ2) is 12.2. The molecule has 0 N–H and O–H groups in total. The van der Waals surface area contributed by atoms with Crippen molar-refractivity contribution >= 4 is 0 Å². The summed E-state index contributed by atoms with van der Waals surface area (Å²) in [7, 11) is 0. The number of rotatable bonds is 11. The van der Waals surface area contributed by atoms with Crippen molar-refractivity contribution in [2.45, 2.75) is 52.2 Å². The topological polar surface area (TPSA) is 18.5 Å². The van der Waals surface area contributed by atoms with Crippen LogP contribution in [0.3, 0.4) is 0 Å². The molecule has 0 bridgehead atoms. The molecule has 4 rings (SSSR count). The van der Waals surface area contributed by atoms with Crippen molar-refractivity contribution in [2.75, 3.05) is 13.2 Å². The van der Waals surface area contributed by atoms with Crippen molar-refractivity contribution in [3.05, 3.63) is 108 Å². The molecule has 3 aromatic rings. The maximum absolute atomic E-state index is 6.33. The minimum absolute atomic E-state index is 0.0947. The predicted octanol–water partition coefficient (Wildman–Crippen LogP) is 7.48. The lowest BCUT2D eigenvalue weighted by atomic mass is 9.65. The lowest BCUT2D eigenvalue weighted by molar-refractivity contribution is -0.0716. The molecule has 2 nitrogen and oxygen atoms in total. The third-order valence-corrected chi connectivity index (χ3v) is 7.32. The molecule has 174 valence electrons. The van der Waals surface area contributed by atoms with E-state index in [4.69, 9.17) is 9.47 Å². The highest BCUT2D eigenvalue weighted by atomic mass is 16.5. The summed E-state index contributed by atoms with van der Waals surface area (Å²) in [5.74, 6) is 1.46. The van der Waals surface area contributed by atoms with E-state index < -0.39 is 0 Å². The summed E-state index contributed by atoms with van der Waals surface area (Å²) in [5, 5.41) is 0. The first-order valence-corrected chi connectivity index (χ1v) is 12.5. The minimum atomic E-state index is 0.0947. The van der Waals surface area contributed by atoms with Gasteiger partial charge in [-0.15, -0.1) is 0 Å². The van der Waals surface area contributed by atoms with Gasteiger partial charge in [-0.25, -0.2) is 0 Å². The Hall–Kier alpha value is -2.42. The molecule has 1 saturated carbocycles. The molecule has 1 aliphatic rings. The Morgan fingerprint density at radius 1 is 0.697 bits per heavy atom. The first kappa shape index (κ1) is 23.7. The van der Waals surface area contributed by atoms with E-state index in [1.807, 2.05) is 0 Å². The second-order valence-electron chi connectivity index (χ2n) is 9.96. The Labute approximate surface area is 200 Å². The van der Waals surface area contributed by atoms with E-state index >= 15 is 0 Å². The van der Waals surface area contributed by atoms with Crippen LogP contribution in [0.2, 0.25) is 0 Å². The van der Waals surface area contributed by atoms with Gasteiger partial charge in [0.25, 0.3) is 0 Å². The van der Waals surface area contributed by atoms with Gasteiger partial charge in [0.1, 0.15) is 0 Å². The summed E-state index contributed by atoms with van der Waals surface area (Å²) >= 11 is 0. The van der Waals surface area contributed by atoms with Crippen LogP contribution in [0.4, 0.5) is 0 Å². The smallest absolute Gasteiger partial charge is 0.0717 e. The fourth-order valence-electron chi connectivity index (χ4n) is 5.24. The van der Waals surface area contributed by atoms with Gasteiger partial charge in [-0.1, -0.05) is 97.9 Å². The SMILES string of the molecule is C[C@@H]1CCC(COCc2ccccc2)(COCc2ccccc2)C[C@@H]1CCc1ccccc1. The maximum atomic E-state index is 6.33. The highest BCUT2D eigenvalue weighted by Crippen LogP contribution is 2.45. The van der Waals surface area contributed by atoms with Crippen LogP contribution in [0.25, 0.3) is 0 Å². The molecule has 0 aliphatic heterocycles. The Morgan fingerprint density at radius 3 is 1.70 bits per heavy atom. The van der Waals surface area contributed by atoms with Crippen molar-refractivity contribution < 1.29 is 9.47 Å². The maximum Gasteiger partial charge on any atom is 0.0717 e. The normalized spacial score (nSPS) is 19.9. The zero-order valence-electron chi connectivity index (χ0n) is 20.0. The van der Waals surface area contributed by atoms with Gasteiger partial charge in [-0.2, -0.15) is 0 Å². The van der Waals surface area contributed by atoms with Crippen LogP contribution >= 0.6 is 0 Å². The summed E-state index contributed by atoms with van der Waals surface area (Å²) in [6.07, 6.45) is 6.01. The van der Waals surface area contributed by atoms with E-state index in [1.165, 1.54) is 42.4 Å². The summed E-state index contributed by atoms with van der Waals surface area (Å²) < 4.78 is 12.7. The van der Waals surface area contributed by atoms with Gasteiger partial charge in [0.05, 0.1) is 26.4 Å². The number of aryl methyl sites for hydroxylation is 1. The van der Waals surface area contributed by atoms with Crippen LogP contribution in [-0.2, 0) is 29.1 Å². The molecular formula is C31H38O2. The lowest BCUT2D eigenvalue weighted by Gasteiger charge is -2.44. The predicted molar refractivity (Wildman–Crippen MR) is 136 cm³/mol. The van der Waals surface area contributed by atoms with E-state index in [2.05, 4.69) is 97.9 Å². The molecule has 0 spiro atoms. The van der Waals surface area contributed by atoms with Crippen LogP contribution < -0.4 is 0 Å². The summed E-state index contributed by atoms with van der Waals surface area (Å²) in [6, 6.07) is 31.9. The quantitative estimate of drug-likeness (QED) is 0.306. The average Bonchev–Trinajstić information content (AvgIpc) is 2.87. The van der Waals surface area contributed by atoms with E-state index in [1.54, 1.807) is 0 Å². The van der Waals surface area contributed by atoms with Gasteiger partial charge >= 0.3 is 0 Å². The number of hydrogen-bond acceptors (Lipinski definition) is 2. The van der Waals surface area contributed by atoms with E-state index in [-0.39, 0.29) is 5.41 Å². The molecular weight excluding hydrogens is 404 g/mol. The molecule has 1 fully saturated rings. The number of ether oxygens (including phenoxy) is 2. The van der Waals surface area contributed by atoms with Gasteiger partial charge in [-0.05, 0) is 60.6 Å². The summed E-state index contributed by atoms with van der Waals surface area (Å²) in [6.45, 7) is 5.32. The monoisotopic (exact) mass is 442 g/mol. The molecule has 0 amide bonds. The van der Waals surface area contributed by atoms with Gasteiger partial charge in [-0.3, -0.25) is 0 Å². The number of benzene rings is 3. The molecule has 2 atom stereocenters. The Bertz CT molecular complexity index is 877. The van der Waals surface area contributed by atoms with Crippen molar-refractivity contribution in [3.8, 4) is 0 Å². The van der Waals surface area contributed by atoms with Gasteiger partial charge in [0.15, 0.2) is 0 Å². The Kier molecular flexibility index (Phi) is 8.74. The summed E-state index contributed by atoms with van der Waals surface area (Å²) in [4.78, 5) is 0. The highest BCUT2D eigenvalue weighted by molar-refractivity contribution is 5.15. The van der Waals surface area contributed by atoms with E-state index in [9.17, 15) is 0 Å². The molecule has 0 radical (unpaired) electrons. The largest absolute Gasteiger partial charge is 0.376 e. The summed E-state index contributed by atoms with van der Waals surface area (Å²) in [5.41, 5.74) is 4.02. The van der Waals surface area contributed by atoms with Gasteiger partial charge in [0, 0.05) is 5.41 Å². The standard InChI is InChI=1S/C31H38O2/c1-26-19-20-31(24-32-22-28-13-7-3-8-14-28,25-33-23-29-15-9-4-10-16-29)21-30(26)18-17-27-11-5-2-6-12-27/h2-16,26,30H,17-25H2,1H3/t26-,30+/m1/s1. The van der Waals surface area contributed by atoms with Gasteiger partial charge in [0.2, 0.25) is 0 Å². The first-order valence-electron chi connectivity index (χ1n) is 12.5. The molecule has 0 aromatic heterocycles. The first-order chi connectivity index (χ1) is 16.2. The zero-order valence-corrected chi connectivity index (χ0v) is 20.0. The third kappa shape index (κ3) is 7.28.